The van der Waals surface area contributed by atoms with Gasteiger partial charge in [-0.15, -0.1) is 0 Å². The second-order valence-corrected chi connectivity index (χ2v) is 7.14. The van der Waals surface area contributed by atoms with Crippen LogP contribution < -0.4 is 5.14 Å². The Labute approximate surface area is 125 Å². The molecular weight excluding hydrogens is 286 g/mol. The highest BCUT2D eigenvalue weighted by molar-refractivity contribution is 7.89. The molecule has 2 rings (SSSR count). The fraction of sp³-hybridized carbons (Fsp3) is 0.400. The maximum Gasteiger partial charge on any atom is 0.257 e. The van der Waals surface area contributed by atoms with Crippen LogP contribution in [0.4, 0.5) is 0 Å². The Hall–Kier alpha value is -1.66. The number of primary sulfonamides is 1. The molecule has 0 amide bonds. The molecule has 0 radical (unpaired) electrons. The van der Waals surface area contributed by atoms with Gasteiger partial charge < -0.3 is 4.57 Å². The summed E-state index contributed by atoms with van der Waals surface area (Å²) in [7, 11) is -3.78. The Morgan fingerprint density at radius 2 is 1.81 bits per heavy atom. The number of hydrogen-bond donors (Lipinski definition) is 1. The first-order valence-electron chi connectivity index (χ1n) is 6.85. The van der Waals surface area contributed by atoms with Gasteiger partial charge in [-0.1, -0.05) is 32.0 Å². The highest BCUT2D eigenvalue weighted by Crippen LogP contribution is 2.21. The molecule has 0 fully saturated rings. The van der Waals surface area contributed by atoms with Crippen LogP contribution in [0.5, 0.6) is 0 Å². The van der Waals surface area contributed by atoms with Gasteiger partial charge in [0.2, 0.25) is 0 Å². The van der Waals surface area contributed by atoms with Gasteiger partial charge in [0.1, 0.15) is 5.82 Å². The summed E-state index contributed by atoms with van der Waals surface area (Å²) in [6.45, 7) is 8.66. The molecular formula is C15H21N3O2S. The van der Waals surface area contributed by atoms with E-state index in [9.17, 15) is 8.42 Å². The summed E-state index contributed by atoms with van der Waals surface area (Å²) >= 11 is 0. The molecule has 21 heavy (non-hydrogen) atoms. The van der Waals surface area contributed by atoms with Crippen molar-refractivity contribution in [3.63, 3.8) is 0 Å². The highest BCUT2D eigenvalue weighted by atomic mass is 32.2. The van der Waals surface area contributed by atoms with Gasteiger partial charge in [0.05, 0.1) is 0 Å². The van der Waals surface area contributed by atoms with Gasteiger partial charge in [-0.3, -0.25) is 0 Å². The Balaban J connectivity index is 2.51. The Bertz CT molecular complexity index is 741. The van der Waals surface area contributed by atoms with Gasteiger partial charge in [-0.2, -0.15) is 0 Å². The predicted molar refractivity (Wildman–Crippen MR) is 82.7 cm³/mol. The normalized spacial score (nSPS) is 12.1. The third kappa shape index (κ3) is 3.33. The Morgan fingerprint density at radius 3 is 2.29 bits per heavy atom. The zero-order chi connectivity index (χ0) is 15.8. The molecule has 0 atom stereocenters. The molecule has 114 valence electrons. The van der Waals surface area contributed by atoms with E-state index in [-0.39, 0.29) is 10.9 Å². The monoisotopic (exact) mass is 307 g/mol. The number of hydrogen-bond acceptors (Lipinski definition) is 3. The van der Waals surface area contributed by atoms with Gasteiger partial charge in [0, 0.05) is 18.7 Å². The van der Waals surface area contributed by atoms with Crippen molar-refractivity contribution in [1.82, 2.24) is 9.55 Å². The molecule has 1 aromatic carbocycles. The Kier molecular flexibility index (Phi) is 4.20. The van der Waals surface area contributed by atoms with Gasteiger partial charge in [-0.25, -0.2) is 18.5 Å². The quantitative estimate of drug-likeness (QED) is 0.941. The molecule has 0 aliphatic heterocycles. The second-order valence-electron chi connectivity index (χ2n) is 5.64. The van der Waals surface area contributed by atoms with E-state index in [1.807, 2.05) is 24.5 Å². The first-order chi connectivity index (χ1) is 9.70. The minimum Gasteiger partial charge on any atom is -0.329 e. The van der Waals surface area contributed by atoms with Crippen LogP contribution in [0.3, 0.4) is 0 Å². The third-order valence-electron chi connectivity index (χ3n) is 3.57. The lowest BCUT2D eigenvalue weighted by molar-refractivity contribution is 0.594. The molecule has 1 heterocycles. The fourth-order valence-corrected chi connectivity index (χ4v) is 2.89. The highest BCUT2D eigenvalue weighted by Gasteiger charge is 2.19. The summed E-state index contributed by atoms with van der Waals surface area (Å²) in [6.07, 6.45) is 1.52. The maximum atomic E-state index is 11.5. The number of rotatable bonds is 4. The van der Waals surface area contributed by atoms with Crippen molar-refractivity contribution < 1.29 is 8.42 Å². The molecule has 0 aliphatic carbocycles. The van der Waals surface area contributed by atoms with Crippen LogP contribution in [0.2, 0.25) is 0 Å². The zero-order valence-electron chi connectivity index (χ0n) is 12.8. The summed E-state index contributed by atoms with van der Waals surface area (Å²) < 4.78 is 24.9. The van der Waals surface area contributed by atoms with Crippen molar-refractivity contribution in [1.29, 1.82) is 0 Å². The van der Waals surface area contributed by atoms with E-state index in [0.717, 1.165) is 5.82 Å². The zero-order valence-corrected chi connectivity index (χ0v) is 13.6. The SMILES string of the molecule is Cc1cccc(C)c1Cn1cc(S(N)(=O)=O)nc1C(C)C. The van der Waals surface area contributed by atoms with E-state index >= 15 is 0 Å². The van der Waals surface area contributed by atoms with Crippen LogP contribution in [0.1, 0.15) is 42.3 Å². The summed E-state index contributed by atoms with van der Waals surface area (Å²) in [5.74, 6) is 0.839. The molecule has 5 nitrogen and oxygen atoms in total. The smallest absolute Gasteiger partial charge is 0.257 e. The molecule has 1 aromatic heterocycles. The molecule has 0 spiro atoms. The molecule has 0 bridgehead atoms. The van der Waals surface area contributed by atoms with Crippen molar-refractivity contribution in [3.05, 3.63) is 46.9 Å². The van der Waals surface area contributed by atoms with Crippen molar-refractivity contribution in [2.24, 2.45) is 5.14 Å². The predicted octanol–water partition coefficient (Wildman–Crippen LogP) is 2.32. The molecule has 0 saturated heterocycles. The van der Waals surface area contributed by atoms with Crippen LogP contribution in [0, 0.1) is 13.8 Å². The first kappa shape index (κ1) is 15.7. The van der Waals surface area contributed by atoms with Crippen LogP contribution >= 0.6 is 0 Å². The molecule has 0 aliphatic rings. The lowest BCUT2D eigenvalue weighted by Gasteiger charge is -2.14. The van der Waals surface area contributed by atoms with Gasteiger partial charge in [-0.05, 0) is 30.5 Å². The van der Waals surface area contributed by atoms with Crippen molar-refractivity contribution in [3.8, 4) is 0 Å². The number of nitrogens with two attached hydrogens (primary N) is 1. The number of aryl methyl sites for hydroxylation is 2. The van der Waals surface area contributed by atoms with Gasteiger partial charge >= 0.3 is 0 Å². The van der Waals surface area contributed by atoms with Gasteiger partial charge in [0.25, 0.3) is 10.0 Å². The number of nitrogens with zero attached hydrogens (tertiary/aromatic N) is 2. The number of imidazole rings is 1. The summed E-state index contributed by atoms with van der Waals surface area (Å²) in [4.78, 5) is 4.19. The standard InChI is InChI=1S/C15H21N3O2S/c1-10(2)15-17-14(21(16,19)20)9-18(15)8-13-11(3)6-5-7-12(13)4/h5-7,9-10H,8H2,1-4H3,(H2,16,19,20). The largest absolute Gasteiger partial charge is 0.329 e. The van der Waals surface area contributed by atoms with Crippen LogP contribution in [-0.2, 0) is 16.6 Å². The minimum absolute atomic E-state index is 0.0718. The van der Waals surface area contributed by atoms with E-state index in [1.54, 1.807) is 0 Å². The first-order valence-corrected chi connectivity index (χ1v) is 8.39. The van der Waals surface area contributed by atoms with Crippen molar-refractivity contribution in [2.45, 2.75) is 45.2 Å². The van der Waals surface area contributed by atoms with Crippen molar-refractivity contribution >= 4 is 10.0 Å². The average Bonchev–Trinajstić information content (AvgIpc) is 2.78. The van der Waals surface area contributed by atoms with Crippen LogP contribution in [0.25, 0.3) is 0 Å². The Morgan fingerprint density at radius 1 is 1.24 bits per heavy atom. The maximum absolute atomic E-state index is 11.5. The van der Waals surface area contributed by atoms with E-state index < -0.39 is 10.0 Å². The molecule has 6 heteroatoms. The average molecular weight is 307 g/mol. The lowest BCUT2D eigenvalue weighted by Crippen LogP contribution is -2.12. The van der Waals surface area contributed by atoms with E-state index in [1.165, 1.54) is 22.9 Å². The topological polar surface area (TPSA) is 78.0 Å². The van der Waals surface area contributed by atoms with Gasteiger partial charge in [0.15, 0.2) is 5.03 Å². The summed E-state index contributed by atoms with van der Waals surface area (Å²) in [5.41, 5.74) is 3.53. The van der Waals surface area contributed by atoms with Crippen LogP contribution in [-0.4, -0.2) is 18.0 Å². The number of aromatic nitrogens is 2. The van der Waals surface area contributed by atoms with Crippen LogP contribution in [0.15, 0.2) is 29.4 Å². The summed E-state index contributed by atoms with van der Waals surface area (Å²) in [5, 5.41) is 5.12. The lowest BCUT2D eigenvalue weighted by atomic mass is 10.0. The fourth-order valence-electron chi connectivity index (χ4n) is 2.40. The second kappa shape index (κ2) is 5.61. The number of sulfonamides is 1. The summed E-state index contributed by atoms with van der Waals surface area (Å²) in [6, 6.07) is 6.12. The molecule has 2 N–H and O–H groups in total. The third-order valence-corrected chi connectivity index (χ3v) is 4.35. The molecule has 0 saturated carbocycles. The van der Waals surface area contributed by atoms with E-state index in [2.05, 4.69) is 31.0 Å². The molecule has 2 aromatic rings. The molecule has 0 unspecified atom stereocenters. The van der Waals surface area contributed by atoms with E-state index in [0.29, 0.717) is 6.54 Å². The minimum atomic E-state index is -3.78. The van der Waals surface area contributed by atoms with Crippen molar-refractivity contribution in [2.75, 3.05) is 0 Å². The van der Waals surface area contributed by atoms with E-state index in [4.69, 9.17) is 5.14 Å². The number of benzene rings is 1.